The van der Waals surface area contributed by atoms with Crippen molar-refractivity contribution in [1.29, 1.82) is 0 Å². The normalized spacial score (nSPS) is 10.8. The van der Waals surface area contributed by atoms with Gasteiger partial charge in [0.05, 0.1) is 5.02 Å². The lowest BCUT2D eigenvalue weighted by Crippen LogP contribution is -1.89. The van der Waals surface area contributed by atoms with E-state index >= 15 is 0 Å². The highest BCUT2D eigenvalue weighted by Gasteiger charge is 2.16. The van der Waals surface area contributed by atoms with Gasteiger partial charge in [0.25, 0.3) is 0 Å². The van der Waals surface area contributed by atoms with Crippen LogP contribution >= 0.6 is 11.6 Å². The van der Waals surface area contributed by atoms with Crippen LogP contribution in [0.15, 0.2) is 54.6 Å². The standard InChI is InChI=1S/C16H10ClFO/c17-13-9-10-5-1-2-6-11(10)16(18)15(13)12-7-3-4-8-14(12)19/h1-9,19H. The average Bonchev–Trinajstić information content (AvgIpc) is 2.41. The molecule has 0 saturated heterocycles. The van der Waals surface area contributed by atoms with Crippen LogP contribution in [-0.2, 0) is 0 Å². The SMILES string of the molecule is Oc1ccccc1-c1c(Cl)cc2ccccc2c1F. The number of phenols is 1. The van der Waals surface area contributed by atoms with Crippen LogP contribution in [0.4, 0.5) is 4.39 Å². The maximum absolute atomic E-state index is 14.6. The predicted octanol–water partition coefficient (Wildman–Crippen LogP) is 5.00. The summed E-state index contributed by atoms with van der Waals surface area (Å²) in [6.07, 6.45) is 0. The van der Waals surface area contributed by atoms with Gasteiger partial charge in [-0.25, -0.2) is 4.39 Å². The fourth-order valence-corrected chi connectivity index (χ4v) is 2.51. The van der Waals surface area contributed by atoms with Gasteiger partial charge < -0.3 is 5.11 Å². The van der Waals surface area contributed by atoms with Gasteiger partial charge in [-0.15, -0.1) is 0 Å². The molecule has 0 unspecified atom stereocenters. The Hall–Kier alpha value is -2.06. The molecule has 3 rings (SSSR count). The Morgan fingerprint density at radius 3 is 2.42 bits per heavy atom. The highest BCUT2D eigenvalue weighted by atomic mass is 35.5. The largest absolute Gasteiger partial charge is 0.507 e. The molecule has 1 N–H and O–H groups in total. The summed E-state index contributed by atoms with van der Waals surface area (Å²) in [7, 11) is 0. The summed E-state index contributed by atoms with van der Waals surface area (Å²) in [4.78, 5) is 0. The number of hydrogen-bond acceptors (Lipinski definition) is 1. The zero-order valence-electron chi connectivity index (χ0n) is 9.90. The van der Waals surface area contributed by atoms with Crippen molar-refractivity contribution in [2.24, 2.45) is 0 Å². The van der Waals surface area contributed by atoms with Gasteiger partial charge in [-0.1, -0.05) is 54.1 Å². The molecule has 3 heteroatoms. The Bertz CT molecular complexity index is 768. The first-order valence-electron chi connectivity index (χ1n) is 5.83. The Morgan fingerprint density at radius 1 is 0.947 bits per heavy atom. The zero-order chi connectivity index (χ0) is 13.4. The summed E-state index contributed by atoms with van der Waals surface area (Å²) in [5, 5.41) is 11.4. The van der Waals surface area contributed by atoms with E-state index in [9.17, 15) is 9.50 Å². The van der Waals surface area contributed by atoms with E-state index in [1.165, 1.54) is 6.07 Å². The van der Waals surface area contributed by atoms with Crippen LogP contribution in [-0.4, -0.2) is 5.11 Å². The van der Waals surface area contributed by atoms with Gasteiger partial charge in [-0.2, -0.15) is 0 Å². The minimum absolute atomic E-state index is 0.0126. The first kappa shape index (κ1) is 12.0. The lowest BCUT2D eigenvalue weighted by atomic mass is 9.99. The van der Waals surface area contributed by atoms with Gasteiger partial charge in [-0.3, -0.25) is 0 Å². The fraction of sp³-hybridized carbons (Fsp3) is 0. The van der Waals surface area contributed by atoms with Crippen LogP contribution < -0.4 is 0 Å². The number of fused-ring (bicyclic) bond motifs is 1. The summed E-state index contributed by atoms with van der Waals surface area (Å²) in [5.74, 6) is -0.400. The summed E-state index contributed by atoms with van der Waals surface area (Å²) in [5.41, 5.74) is 0.634. The highest BCUT2D eigenvalue weighted by Crippen LogP contribution is 2.39. The smallest absolute Gasteiger partial charge is 0.140 e. The third-order valence-corrected chi connectivity index (χ3v) is 3.41. The van der Waals surface area contributed by atoms with E-state index in [1.807, 2.05) is 6.07 Å². The minimum atomic E-state index is -0.412. The Kier molecular flexibility index (Phi) is 2.88. The molecule has 0 amide bonds. The Morgan fingerprint density at radius 2 is 1.63 bits per heavy atom. The molecule has 0 heterocycles. The second-order valence-corrected chi connectivity index (χ2v) is 4.69. The number of aromatic hydroxyl groups is 1. The molecular weight excluding hydrogens is 263 g/mol. The summed E-state index contributed by atoms with van der Waals surface area (Å²) >= 11 is 6.16. The van der Waals surface area contributed by atoms with E-state index in [2.05, 4.69) is 0 Å². The quantitative estimate of drug-likeness (QED) is 0.660. The van der Waals surface area contributed by atoms with Gasteiger partial charge in [0.2, 0.25) is 0 Å². The van der Waals surface area contributed by atoms with Crippen molar-refractivity contribution in [2.75, 3.05) is 0 Å². The number of para-hydroxylation sites is 1. The zero-order valence-corrected chi connectivity index (χ0v) is 10.7. The molecule has 3 aromatic rings. The molecule has 0 radical (unpaired) electrons. The van der Waals surface area contributed by atoms with Gasteiger partial charge >= 0.3 is 0 Å². The fourth-order valence-electron chi connectivity index (χ4n) is 2.20. The number of benzene rings is 3. The van der Waals surface area contributed by atoms with Crippen molar-refractivity contribution >= 4 is 22.4 Å². The van der Waals surface area contributed by atoms with Gasteiger partial charge in [0.15, 0.2) is 0 Å². The monoisotopic (exact) mass is 272 g/mol. The second-order valence-electron chi connectivity index (χ2n) is 4.29. The van der Waals surface area contributed by atoms with E-state index < -0.39 is 5.82 Å². The summed E-state index contributed by atoms with van der Waals surface area (Å²) < 4.78 is 14.6. The first-order chi connectivity index (χ1) is 9.18. The van der Waals surface area contributed by atoms with E-state index in [0.717, 1.165) is 5.39 Å². The van der Waals surface area contributed by atoms with Gasteiger partial charge in [-0.05, 0) is 17.5 Å². The van der Waals surface area contributed by atoms with Crippen LogP contribution in [0.25, 0.3) is 21.9 Å². The van der Waals surface area contributed by atoms with E-state index in [1.54, 1.807) is 42.5 Å². The van der Waals surface area contributed by atoms with Crippen molar-refractivity contribution in [3.05, 3.63) is 65.4 Å². The predicted molar refractivity (Wildman–Crippen MR) is 76.0 cm³/mol. The molecule has 94 valence electrons. The molecule has 0 bridgehead atoms. The van der Waals surface area contributed by atoms with Crippen molar-refractivity contribution < 1.29 is 9.50 Å². The van der Waals surface area contributed by atoms with Gasteiger partial charge in [0.1, 0.15) is 11.6 Å². The van der Waals surface area contributed by atoms with E-state index in [4.69, 9.17) is 11.6 Å². The molecule has 0 aliphatic heterocycles. The van der Waals surface area contributed by atoms with Crippen molar-refractivity contribution in [2.45, 2.75) is 0 Å². The van der Waals surface area contributed by atoms with Crippen molar-refractivity contribution in [1.82, 2.24) is 0 Å². The maximum Gasteiger partial charge on any atom is 0.140 e. The molecular formula is C16H10ClFO. The summed E-state index contributed by atoms with van der Waals surface area (Å²) in [6, 6.07) is 15.4. The van der Waals surface area contributed by atoms with Crippen LogP contribution in [0.3, 0.4) is 0 Å². The number of halogens is 2. The van der Waals surface area contributed by atoms with Crippen LogP contribution in [0.5, 0.6) is 5.75 Å². The van der Waals surface area contributed by atoms with Crippen LogP contribution in [0.1, 0.15) is 0 Å². The molecule has 1 nitrogen and oxygen atoms in total. The molecule has 19 heavy (non-hydrogen) atoms. The average molecular weight is 273 g/mol. The highest BCUT2D eigenvalue weighted by molar-refractivity contribution is 6.34. The lowest BCUT2D eigenvalue weighted by molar-refractivity contribution is 0.477. The molecule has 0 aliphatic carbocycles. The maximum atomic E-state index is 14.6. The molecule has 0 aromatic heterocycles. The summed E-state index contributed by atoms with van der Waals surface area (Å²) in [6.45, 7) is 0. The molecule has 0 spiro atoms. The lowest BCUT2D eigenvalue weighted by Gasteiger charge is -2.11. The molecule has 3 aromatic carbocycles. The van der Waals surface area contributed by atoms with Crippen LogP contribution in [0, 0.1) is 5.82 Å². The minimum Gasteiger partial charge on any atom is -0.507 e. The van der Waals surface area contributed by atoms with E-state index in [0.29, 0.717) is 10.9 Å². The molecule has 0 fully saturated rings. The number of rotatable bonds is 1. The molecule has 0 aliphatic rings. The third kappa shape index (κ3) is 1.94. The third-order valence-electron chi connectivity index (χ3n) is 3.11. The Balaban J connectivity index is 2.39. The molecule has 0 saturated carbocycles. The van der Waals surface area contributed by atoms with E-state index in [-0.39, 0.29) is 16.3 Å². The first-order valence-corrected chi connectivity index (χ1v) is 6.21. The van der Waals surface area contributed by atoms with Crippen molar-refractivity contribution in [3.63, 3.8) is 0 Å². The Labute approximate surface area is 114 Å². The van der Waals surface area contributed by atoms with Crippen LogP contribution in [0.2, 0.25) is 5.02 Å². The van der Waals surface area contributed by atoms with Crippen molar-refractivity contribution in [3.8, 4) is 16.9 Å². The number of hydrogen-bond donors (Lipinski definition) is 1. The second kappa shape index (κ2) is 4.56. The molecule has 0 atom stereocenters. The van der Waals surface area contributed by atoms with Gasteiger partial charge in [0, 0.05) is 16.5 Å². The topological polar surface area (TPSA) is 20.2 Å². The number of phenolic OH excluding ortho intramolecular Hbond substituents is 1.